The Morgan fingerprint density at radius 2 is 2.05 bits per heavy atom. The summed E-state index contributed by atoms with van der Waals surface area (Å²) >= 11 is 0. The Morgan fingerprint density at radius 3 is 2.81 bits per heavy atom. The van der Waals surface area contributed by atoms with Gasteiger partial charge in [-0.2, -0.15) is 0 Å². The van der Waals surface area contributed by atoms with Gasteiger partial charge in [-0.15, -0.1) is 0 Å². The van der Waals surface area contributed by atoms with E-state index in [2.05, 4.69) is 27.8 Å². The van der Waals surface area contributed by atoms with Gasteiger partial charge in [-0.05, 0) is 49.2 Å². The van der Waals surface area contributed by atoms with E-state index in [1.807, 2.05) is 18.2 Å². The summed E-state index contributed by atoms with van der Waals surface area (Å²) in [7, 11) is 1.59. The average molecular weight is 284 g/mol. The molecule has 1 amide bonds. The first-order valence-electron chi connectivity index (χ1n) is 6.97. The summed E-state index contributed by atoms with van der Waals surface area (Å²) in [6.45, 7) is 0.692. The van der Waals surface area contributed by atoms with Gasteiger partial charge < -0.3 is 16.4 Å². The van der Waals surface area contributed by atoms with Gasteiger partial charge in [-0.25, -0.2) is 0 Å². The van der Waals surface area contributed by atoms with Crippen molar-refractivity contribution in [1.29, 1.82) is 0 Å². The molecule has 0 saturated carbocycles. The molecule has 1 aromatic heterocycles. The fourth-order valence-corrected chi connectivity index (χ4v) is 2.04. The minimum atomic E-state index is -0.199. The maximum Gasteiger partial charge on any atom is 0.269 e. The van der Waals surface area contributed by atoms with Crippen LogP contribution < -0.4 is 16.4 Å². The van der Waals surface area contributed by atoms with Gasteiger partial charge >= 0.3 is 0 Å². The number of hydrogen-bond donors (Lipinski definition) is 3. The van der Waals surface area contributed by atoms with Crippen molar-refractivity contribution in [3.05, 3.63) is 53.9 Å². The molecule has 2 aromatic rings. The number of anilines is 2. The van der Waals surface area contributed by atoms with E-state index in [-0.39, 0.29) is 5.91 Å². The van der Waals surface area contributed by atoms with Gasteiger partial charge in [0.25, 0.3) is 5.91 Å². The van der Waals surface area contributed by atoms with Crippen molar-refractivity contribution in [2.24, 2.45) is 5.73 Å². The molecule has 1 heterocycles. The van der Waals surface area contributed by atoms with Crippen molar-refractivity contribution in [2.45, 2.75) is 12.8 Å². The first-order valence-corrected chi connectivity index (χ1v) is 6.97. The standard InChI is InChI=1S/C16H20N4O/c1-18-16(21)15-11-14(7-9-19-15)20-13-6-2-4-12(10-13)5-3-8-17/h2,4,6-7,9-11H,3,5,8,17H2,1H3,(H,18,21)(H,19,20). The smallest absolute Gasteiger partial charge is 0.269 e. The lowest BCUT2D eigenvalue weighted by Gasteiger charge is -2.09. The number of rotatable bonds is 6. The molecule has 0 aliphatic rings. The molecule has 0 spiro atoms. The second-order valence-corrected chi connectivity index (χ2v) is 4.73. The lowest BCUT2D eigenvalue weighted by atomic mass is 10.1. The normalized spacial score (nSPS) is 10.2. The molecule has 0 aliphatic carbocycles. The Labute approximate surface area is 124 Å². The van der Waals surface area contributed by atoms with Crippen LogP contribution in [-0.4, -0.2) is 24.5 Å². The molecule has 1 aromatic carbocycles. The number of amides is 1. The predicted octanol–water partition coefficient (Wildman–Crippen LogP) is 2.08. The Hall–Kier alpha value is -2.40. The maximum atomic E-state index is 11.6. The minimum Gasteiger partial charge on any atom is -0.355 e. The number of aromatic nitrogens is 1. The van der Waals surface area contributed by atoms with Gasteiger partial charge in [0.2, 0.25) is 0 Å². The van der Waals surface area contributed by atoms with E-state index in [1.54, 1.807) is 19.3 Å². The van der Waals surface area contributed by atoms with Crippen LogP contribution in [0.15, 0.2) is 42.6 Å². The van der Waals surface area contributed by atoms with Gasteiger partial charge in [-0.1, -0.05) is 12.1 Å². The Morgan fingerprint density at radius 1 is 1.24 bits per heavy atom. The third kappa shape index (κ3) is 4.29. The number of nitrogens with two attached hydrogens (primary N) is 1. The largest absolute Gasteiger partial charge is 0.355 e. The molecule has 0 unspecified atom stereocenters. The van der Waals surface area contributed by atoms with E-state index in [0.29, 0.717) is 12.2 Å². The van der Waals surface area contributed by atoms with Crippen molar-refractivity contribution in [1.82, 2.24) is 10.3 Å². The molecule has 21 heavy (non-hydrogen) atoms. The quantitative estimate of drug-likeness (QED) is 0.758. The first-order chi connectivity index (χ1) is 10.2. The Bertz CT molecular complexity index is 613. The van der Waals surface area contributed by atoms with Crippen molar-refractivity contribution >= 4 is 17.3 Å². The monoisotopic (exact) mass is 284 g/mol. The lowest BCUT2D eigenvalue weighted by molar-refractivity contribution is 0.0958. The van der Waals surface area contributed by atoms with Gasteiger partial charge in [-0.3, -0.25) is 9.78 Å². The molecule has 0 fully saturated rings. The molecule has 0 aliphatic heterocycles. The fraction of sp³-hybridized carbons (Fsp3) is 0.250. The van der Waals surface area contributed by atoms with E-state index >= 15 is 0 Å². The molecular formula is C16H20N4O. The minimum absolute atomic E-state index is 0.199. The molecule has 0 radical (unpaired) electrons. The number of hydrogen-bond acceptors (Lipinski definition) is 4. The number of carbonyl (C=O) groups excluding carboxylic acids is 1. The number of benzene rings is 1. The van der Waals surface area contributed by atoms with Crippen molar-refractivity contribution in [3.8, 4) is 0 Å². The molecule has 4 N–H and O–H groups in total. The summed E-state index contributed by atoms with van der Waals surface area (Å²) in [5.41, 5.74) is 8.99. The van der Waals surface area contributed by atoms with E-state index in [4.69, 9.17) is 5.73 Å². The van der Waals surface area contributed by atoms with E-state index < -0.39 is 0 Å². The van der Waals surface area contributed by atoms with Crippen LogP contribution in [0.2, 0.25) is 0 Å². The maximum absolute atomic E-state index is 11.6. The highest BCUT2D eigenvalue weighted by atomic mass is 16.1. The van der Waals surface area contributed by atoms with E-state index in [9.17, 15) is 4.79 Å². The number of nitrogens with one attached hydrogen (secondary N) is 2. The zero-order valence-corrected chi connectivity index (χ0v) is 12.1. The topological polar surface area (TPSA) is 80.0 Å². The Kier molecular flexibility index (Phi) is 5.29. The summed E-state index contributed by atoms with van der Waals surface area (Å²) in [5.74, 6) is -0.199. The van der Waals surface area contributed by atoms with Crippen LogP contribution >= 0.6 is 0 Å². The highest BCUT2D eigenvalue weighted by Gasteiger charge is 2.05. The van der Waals surface area contributed by atoms with Crippen molar-refractivity contribution < 1.29 is 4.79 Å². The van der Waals surface area contributed by atoms with Crippen LogP contribution in [0.4, 0.5) is 11.4 Å². The van der Waals surface area contributed by atoms with Gasteiger partial charge in [0.15, 0.2) is 0 Å². The Balaban J connectivity index is 2.12. The van der Waals surface area contributed by atoms with Crippen LogP contribution in [0.25, 0.3) is 0 Å². The zero-order chi connectivity index (χ0) is 15.1. The highest BCUT2D eigenvalue weighted by Crippen LogP contribution is 2.18. The number of aryl methyl sites for hydroxylation is 1. The molecule has 2 rings (SSSR count). The highest BCUT2D eigenvalue weighted by molar-refractivity contribution is 5.93. The molecule has 5 heteroatoms. The summed E-state index contributed by atoms with van der Waals surface area (Å²) in [4.78, 5) is 15.6. The van der Waals surface area contributed by atoms with Crippen molar-refractivity contribution in [2.75, 3.05) is 18.9 Å². The molecule has 110 valence electrons. The summed E-state index contributed by atoms with van der Waals surface area (Å²) in [6, 6.07) is 11.7. The lowest BCUT2D eigenvalue weighted by Crippen LogP contribution is -2.19. The molecule has 0 saturated heterocycles. The molecular weight excluding hydrogens is 264 g/mol. The van der Waals surface area contributed by atoms with Gasteiger partial charge in [0.05, 0.1) is 0 Å². The number of carbonyl (C=O) groups is 1. The third-order valence-corrected chi connectivity index (χ3v) is 3.10. The summed E-state index contributed by atoms with van der Waals surface area (Å²) in [5, 5.41) is 5.85. The third-order valence-electron chi connectivity index (χ3n) is 3.10. The van der Waals surface area contributed by atoms with Crippen LogP contribution in [0.5, 0.6) is 0 Å². The van der Waals surface area contributed by atoms with Crippen LogP contribution in [-0.2, 0) is 6.42 Å². The summed E-state index contributed by atoms with van der Waals surface area (Å²) in [6.07, 6.45) is 3.55. The number of pyridine rings is 1. The van der Waals surface area contributed by atoms with E-state index in [0.717, 1.165) is 24.2 Å². The zero-order valence-electron chi connectivity index (χ0n) is 12.1. The SMILES string of the molecule is CNC(=O)c1cc(Nc2cccc(CCCN)c2)ccn1. The van der Waals surface area contributed by atoms with Gasteiger partial charge in [0, 0.05) is 24.6 Å². The molecule has 0 bridgehead atoms. The number of nitrogens with zero attached hydrogens (tertiary/aromatic N) is 1. The second-order valence-electron chi connectivity index (χ2n) is 4.73. The second kappa shape index (κ2) is 7.40. The first kappa shape index (κ1) is 15.0. The van der Waals surface area contributed by atoms with Crippen LogP contribution in [0, 0.1) is 0 Å². The van der Waals surface area contributed by atoms with Crippen molar-refractivity contribution in [3.63, 3.8) is 0 Å². The molecule has 5 nitrogen and oxygen atoms in total. The van der Waals surface area contributed by atoms with Crippen LogP contribution in [0.1, 0.15) is 22.5 Å². The van der Waals surface area contributed by atoms with Crippen LogP contribution in [0.3, 0.4) is 0 Å². The predicted molar refractivity (Wildman–Crippen MR) is 84.7 cm³/mol. The van der Waals surface area contributed by atoms with E-state index in [1.165, 1.54) is 5.56 Å². The average Bonchev–Trinajstić information content (AvgIpc) is 2.53. The fourth-order valence-electron chi connectivity index (χ4n) is 2.04. The van der Waals surface area contributed by atoms with Gasteiger partial charge in [0.1, 0.15) is 5.69 Å². The molecule has 0 atom stereocenters. The summed E-state index contributed by atoms with van der Waals surface area (Å²) < 4.78 is 0.